The first kappa shape index (κ1) is 22.6. The number of likely N-dealkylation sites (tertiary alicyclic amines) is 1. The molecule has 3 heterocycles. The fraction of sp³-hybridized carbons (Fsp3) is 0.407. The zero-order valence-electron chi connectivity index (χ0n) is 19.9. The van der Waals surface area contributed by atoms with Crippen LogP contribution in [0.5, 0.6) is 11.5 Å². The van der Waals surface area contributed by atoms with Crippen LogP contribution in [-0.2, 0) is 35.6 Å². The van der Waals surface area contributed by atoms with Gasteiger partial charge in [0.25, 0.3) is 0 Å². The quantitative estimate of drug-likeness (QED) is 0.641. The number of benzene rings is 2. The highest BCUT2D eigenvalue weighted by Crippen LogP contribution is 2.26. The second kappa shape index (κ2) is 9.99. The molecule has 2 atom stereocenters. The molecule has 1 aromatic heterocycles. The number of fused-ring (bicyclic) bond motifs is 5. The number of aromatic nitrogens is 2. The monoisotopic (exact) mass is 460 g/mol. The Hall–Kier alpha value is -3.16. The lowest BCUT2D eigenvalue weighted by atomic mass is 10.1. The van der Waals surface area contributed by atoms with Gasteiger partial charge in [-0.25, -0.2) is 0 Å². The van der Waals surface area contributed by atoms with Crippen LogP contribution in [0, 0.1) is 6.92 Å². The molecule has 0 unspecified atom stereocenters. The van der Waals surface area contributed by atoms with Crippen LogP contribution in [0.15, 0.2) is 54.7 Å². The molecule has 1 fully saturated rings. The van der Waals surface area contributed by atoms with E-state index in [1.807, 2.05) is 54.7 Å². The summed E-state index contributed by atoms with van der Waals surface area (Å²) >= 11 is 0. The Labute approximate surface area is 200 Å². The Morgan fingerprint density at radius 1 is 1.09 bits per heavy atom. The number of nitrogens with zero attached hydrogens (tertiary/aromatic N) is 3. The molecular weight excluding hydrogens is 428 g/mol. The third-order valence-corrected chi connectivity index (χ3v) is 6.58. The minimum Gasteiger partial charge on any atom is -0.457 e. The third kappa shape index (κ3) is 5.16. The van der Waals surface area contributed by atoms with Crippen LogP contribution in [0.3, 0.4) is 0 Å². The second-order valence-corrected chi connectivity index (χ2v) is 9.27. The van der Waals surface area contributed by atoms with Gasteiger partial charge >= 0.3 is 0 Å². The molecule has 2 aliphatic rings. The number of carbonyl (C=O) groups excluding carboxylic acids is 1. The smallest absolute Gasteiger partial charge is 0.224 e. The fourth-order valence-corrected chi connectivity index (χ4v) is 4.81. The molecule has 5 rings (SSSR count). The van der Waals surface area contributed by atoms with Gasteiger partial charge in [-0.15, -0.1) is 0 Å². The number of hydrogen-bond donors (Lipinski definition) is 1. The Bertz CT molecular complexity index is 1160. The van der Waals surface area contributed by atoms with Crippen molar-refractivity contribution >= 4 is 5.91 Å². The molecule has 2 aliphatic heterocycles. The molecule has 34 heavy (non-hydrogen) atoms. The lowest BCUT2D eigenvalue weighted by Gasteiger charge is -2.21. The molecule has 1 N–H and O–H groups in total. The van der Waals surface area contributed by atoms with Crippen molar-refractivity contribution in [1.82, 2.24) is 20.0 Å². The van der Waals surface area contributed by atoms with Crippen LogP contribution in [-0.4, -0.2) is 45.8 Å². The van der Waals surface area contributed by atoms with Crippen LogP contribution in [0.1, 0.15) is 35.7 Å². The van der Waals surface area contributed by atoms with E-state index in [-0.39, 0.29) is 18.1 Å². The van der Waals surface area contributed by atoms with Crippen LogP contribution in [0.25, 0.3) is 0 Å². The molecule has 178 valence electrons. The Kier molecular flexibility index (Phi) is 6.65. The second-order valence-electron chi connectivity index (χ2n) is 9.27. The number of hydrogen-bond acceptors (Lipinski definition) is 5. The van der Waals surface area contributed by atoms with E-state index in [0.29, 0.717) is 13.0 Å². The lowest BCUT2D eigenvalue weighted by molar-refractivity contribution is -0.122. The summed E-state index contributed by atoms with van der Waals surface area (Å²) in [6, 6.07) is 15.7. The Balaban J connectivity index is 1.36. The number of rotatable bonds is 4. The summed E-state index contributed by atoms with van der Waals surface area (Å²) in [5.74, 6) is 1.49. The molecule has 2 aromatic carbocycles. The van der Waals surface area contributed by atoms with E-state index in [9.17, 15) is 4.79 Å². The lowest BCUT2D eigenvalue weighted by Crippen LogP contribution is -2.44. The topological polar surface area (TPSA) is 68.6 Å². The minimum atomic E-state index is -0.0891. The van der Waals surface area contributed by atoms with Crippen molar-refractivity contribution in [3.05, 3.63) is 77.1 Å². The molecule has 1 saturated heterocycles. The molecule has 4 bridgehead atoms. The first-order valence-corrected chi connectivity index (χ1v) is 12.1. The molecule has 0 radical (unpaired) electrons. The summed E-state index contributed by atoms with van der Waals surface area (Å²) in [6.07, 6.45) is 3.25. The van der Waals surface area contributed by atoms with E-state index in [1.165, 1.54) is 11.3 Å². The van der Waals surface area contributed by atoms with E-state index >= 15 is 0 Å². The highest BCUT2D eigenvalue weighted by Gasteiger charge is 2.35. The Morgan fingerprint density at radius 3 is 2.65 bits per heavy atom. The summed E-state index contributed by atoms with van der Waals surface area (Å²) < 4.78 is 14.5. The zero-order chi connectivity index (χ0) is 23.5. The van der Waals surface area contributed by atoms with Crippen LogP contribution >= 0.6 is 0 Å². The van der Waals surface area contributed by atoms with E-state index in [0.717, 1.165) is 55.2 Å². The van der Waals surface area contributed by atoms with Crippen molar-refractivity contribution in [2.45, 2.75) is 58.5 Å². The van der Waals surface area contributed by atoms with Crippen molar-refractivity contribution in [3.8, 4) is 11.5 Å². The van der Waals surface area contributed by atoms with Gasteiger partial charge in [0, 0.05) is 37.4 Å². The highest BCUT2D eigenvalue weighted by atomic mass is 16.5. The maximum atomic E-state index is 12.9. The molecule has 7 heteroatoms. The van der Waals surface area contributed by atoms with Gasteiger partial charge in [0.05, 0.1) is 31.4 Å². The van der Waals surface area contributed by atoms with Gasteiger partial charge in [-0.3, -0.25) is 14.4 Å². The maximum Gasteiger partial charge on any atom is 0.224 e. The largest absolute Gasteiger partial charge is 0.457 e. The number of nitrogens with one attached hydrogen (secondary N) is 1. The molecule has 0 spiro atoms. The first-order valence-electron chi connectivity index (χ1n) is 12.1. The van der Waals surface area contributed by atoms with Crippen LogP contribution in [0.4, 0.5) is 0 Å². The number of aryl methyl sites for hydroxylation is 1. The standard InChI is InChI=1S/C27H32N4O3/c1-3-10-31-19(2)22(14-28-31)15-30-16-25-26(17-30)33-18-21-7-5-9-24(12-21)34-23-8-4-6-20(11-23)13-27(32)29-25/h4-9,11-12,14,25-26H,3,10,13,15-18H2,1-2H3,(H,29,32)/t25-,26-/m0/s1. The maximum absolute atomic E-state index is 12.9. The Morgan fingerprint density at radius 2 is 1.85 bits per heavy atom. The van der Waals surface area contributed by atoms with Gasteiger partial charge in [0.15, 0.2) is 0 Å². The summed E-state index contributed by atoms with van der Waals surface area (Å²) in [5.41, 5.74) is 4.41. The van der Waals surface area contributed by atoms with Crippen LogP contribution < -0.4 is 10.1 Å². The molecular formula is C27H32N4O3. The van der Waals surface area contributed by atoms with E-state index < -0.39 is 0 Å². The van der Waals surface area contributed by atoms with Crippen molar-refractivity contribution in [2.75, 3.05) is 13.1 Å². The molecule has 0 aliphatic carbocycles. The SMILES string of the molecule is CCCn1ncc(CN2C[C@@H]3NC(=O)Cc4cccc(c4)Oc4cccc(c4)CO[C@H]3C2)c1C. The van der Waals surface area contributed by atoms with Gasteiger partial charge in [-0.2, -0.15) is 5.10 Å². The van der Waals surface area contributed by atoms with Gasteiger partial charge in [0.1, 0.15) is 11.5 Å². The van der Waals surface area contributed by atoms with E-state index in [1.54, 1.807) is 0 Å². The average Bonchev–Trinajstić information content (AvgIpc) is 3.35. The average molecular weight is 461 g/mol. The zero-order valence-corrected chi connectivity index (χ0v) is 19.9. The van der Waals surface area contributed by atoms with Gasteiger partial charge in [-0.1, -0.05) is 31.2 Å². The molecule has 3 aromatic rings. The molecule has 7 nitrogen and oxygen atoms in total. The van der Waals surface area contributed by atoms with Gasteiger partial charge < -0.3 is 14.8 Å². The van der Waals surface area contributed by atoms with Crippen molar-refractivity contribution < 1.29 is 14.3 Å². The number of ether oxygens (including phenoxy) is 2. The predicted octanol–water partition coefficient (Wildman–Crippen LogP) is 3.84. The van der Waals surface area contributed by atoms with E-state index in [4.69, 9.17) is 9.47 Å². The normalized spacial score (nSPS) is 20.8. The van der Waals surface area contributed by atoms with Crippen molar-refractivity contribution in [3.63, 3.8) is 0 Å². The predicted molar refractivity (Wildman–Crippen MR) is 130 cm³/mol. The van der Waals surface area contributed by atoms with Crippen molar-refractivity contribution in [2.24, 2.45) is 0 Å². The van der Waals surface area contributed by atoms with Gasteiger partial charge in [0.2, 0.25) is 5.91 Å². The molecule has 0 saturated carbocycles. The number of carbonyl (C=O) groups is 1. The minimum absolute atomic E-state index is 0.000117. The summed E-state index contributed by atoms with van der Waals surface area (Å²) in [6.45, 7) is 8.00. The van der Waals surface area contributed by atoms with E-state index in [2.05, 4.69) is 33.8 Å². The fourth-order valence-electron chi connectivity index (χ4n) is 4.81. The highest BCUT2D eigenvalue weighted by molar-refractivity contribution is 5.79. The van der Waals surface area contributed by atoms with Crippen molar-refractivity contribution in [1.29, 1.82) is 0 Å². The molecule has 1 amide bonds. The summed E-state index contributed by atoms with van der Waals surface area (Å²) in [7, 11) is 0. The van der Waals surface area contributed by atoms with Gasteiger partial charge in [-0.05, 0) is 48.7 Å². The van der Waals surface area contributed by atoms with Crippen LogP contribution in [0.2, 0.25) is 0 Å². The number of amides is 1. The summed E-state index contributed by atoms with van der Waals surface area (Å²) in [4.78, 5) is 15.3. The first-order chi connectivity index (χ1) is 16.6. The summed E-state index contributed by atoms with van der Waals surface area (Å²) in [5, 5.41) is 7.78. The third-order valence-electron chi connectivity index (χ3n) is 6.58.